The number of pyridine rings is 1. The molecule has 142 valence electrons. The number of hydrogen-bond acceptors (Lipinski definition) is 6. The van der Waals surface area contributed by atoms with Gasteiger partial charge in [-0.15, -0.1) is 0 Å². The molecule has 1 amide bonds. The second-order valence-corrected chi connectivity index (χ2v) is 6.90. The fraction of sp³-hybridized carbons (Fsp3) is 0.0556. The maximum atomic E-state index is 12.2. The molecular formula is C18H13ClN4O4S. The molecule has 0 aliphatic rings. The van der Waals surface area contributed by atoms with Gasteiger partial charge in [-0.1, -0.05) is 35.1 Å². The second-order valence-electron chi connectivity index (χ2n) is 5.55. The Bertz CT molecular complexity index is 1110. The first-order chi connectivity index (χ1) is 13.5. The highest BCUT2D eigenvalue weighted by atomic mass is 35.5. The molecule has 0 radical (unpaired) electrons. The number of hydrogen-bond donors (Lipinski definition) is 2. The third-order valence-corrected chi connectivity index (χ3v) is 5.10. The molecule has 0 aliphatic heterocycles. The van der Waals surface area contributed by atoms with E-state index in [1.54, 1.807) is 12.1 Å². The number of carbonyl (C=O) groups excluding carboxylic acids is 1. The number of thiazole rings is 1. The van der Waals surface area contributed by atoms with E-state index in [2.05, 4.69) is 15.5 Å². The molecule has 10 heteroatoms. The van der Waals surface area contributed by atoms with E-state index in [-0.39, 0.29) is 22.1 Å². The van der Waals surface area contributed by atoms with Crippen LogP contribution in [0.5, 0.6) is 0 Å². The van der Waals surface area contributed by atoms with E-state index in [1.807, 2.05) is 0 Å². The van der Waals surface area contributed by atoms with E-state index in [9.17, 15) is 14.4 Å². The first-order valence-electron chi connectivity index (χ1n) is 7.90. The topological polar surface area (TPSA) is 114 Å². The Labute approximate surface area is 167 Å². The number of carboxylic acids is 1. The molecule has 0 aliphatic carbocycles. The van der Waals surface area contributed by atoms with E-state index in [1.165, 1.54) is 47.4 Å². The average molecular weight is 417 g/mol. The number of nitrogens with one attached hydrogen (secondary N) is 1. The van der Waals surface area contributed by atoms with Gasteiger partial charge in [0, 0.05) is 18.0 Å². The summed E-state index contributed by atoms with van der Waals surface area (Å²) in [5.74, 6) is -1.48. The van der Waals surface area contributed by atoms with Crippen LogP contribution >= 0.6 is 22.9 Å². The number of amides is 1. The van der Waals surface area contributed by atoms with Gasteiger partial charge in [-0.3, -0.25) is 19.1 Å². The van der Waals surface area contributed by atoms with Crippen LogP contribution in [0.15, 0.2) is 58.7 Å². The van der Waals surface area contributed by atoms with Crippen molar-refractivity contribution in [3.8, 4) is 0 Å². The van der Waals surface area contributed by atoms with Gasteiger partial charge in [-0.05, 0) is 29.8 Å². The lowest BCUT2D eigenvalue weighted by Gasteiger charge is -2.05. The highest BCUT2D eigenvalue weighted by Crippen LogP contribution is 2.18. The predicted molar refractivity (Wildman–Crippen MR) is 105 cm³/mol. The standard InChI is InChI=1S/C18H13ClN4O4S/c19-15-14(9-21-22-16(24)12-4-6-20-7-5-12)28-18(27)23(15)10-11-2-1-3-13(8-11)17(25)26/h1-9H,10H2,(H,22,24)(H,25,26)/b21-9-. The lowest BCUT2D eigenvalue weighted by atomic mass is 10.1. The summed E-state index contributed by atoms with van der Waals surface area (Å²) in [7, 11) is 0. The number of aromatic carboxylic acids is 1. The van der Waals surface area contributed by atoms with E-state index < -0.39 is 11.9 Å². The Balaban J connectivity index is 1.75. The van der Waals surface area contributed by atoms with Gasteiger partial charge < -0.3 is 5.11 Å². The van der Waals surface area contributed by atoms with Crippen molar-refractivity contribution in [3.05, 3.63) is 85.2 Å². The molecule has 0 fully saturated rings. The van der Waals surface area contributed by atoms with Gasteiger partial charge in [0.1, 0.15) is 5.15 Å². The number of hydrazone groups is 1. The fourth-order valence-corrected chi connectivity index (χ4v) is 3.43. The number of nitrogens with zero attached hydrogens (tertiary/aromatic N) is 3. The Morgan fingerprint density at radius 3 is 2.71 bits per heavy atom. The molecule has 2 aromatic heterocycles. The predicted octanol–water partition coefficient (Wildman–Crippen LogP) is 2.47. The van der Waals surface area contributed by atoms with Gasteiger partial charge in [0.2, 0.25) is 0 Å². The first kappa shape index (κ1) is 19.5. The number of carboxylic acid groups (broad SMARTS) is 1. The van der Waals surface area contributed by atoms with Crippen LogP contribution in [-0.4, -0.2) is 32.7 Å². The highest BCUT2D eigenvalue weighted by Gasteiger charge is 2.13. The van der Waals surface area contributed by atoms with E-state index in [4.69, 9.17) is 16.7 Å². The van der Waals surface area contributed by atoms with Crippen molar-refractivity contribution in [2.45, 2.75) is 6.54 Å². The Morgan fingerprint density at radius 1 is 1.25 bits per heavy atom. The highest BCUT2D eigenvalue weighted by molar-refractivity contribution is 7.11. The summed E-state index contributed by atoms with van der Waals surface area (Å²) in [6.45, 7) is 0.118. The number of benzene rings is 1. The molecule has 3 rings (SSSR count). The third-order valence-electron chi connectivity index (χ3n) is 3.66. The SMILES string of the molecule is O=C(O)c1cccc(Cn2c(Cl)c(/C=N\NC(=O)c3ccncc3)sc2=O)c1. The summed E-state index contributed by atoms with van der Waals surface area (Å²) in [6.07, 6.45) is 4.26. The smallest absolute Gasteiger partial charge is 0.335 e. The van der Waals surface area contributed by atoms with Crippen LogP contribution in [0.1, 0.15) is 31.2 Å². The molecule has 0 saturated heterocycles. The first-order valence-corrected chi connectivity index (χ1v) is 9.10. The molecule has 0 bridgehead atoms. The van der Waals surface area contributed by atoms with Gasteiger partial charge in [0.25, 0.3) is 5.91 Å². The number of carbonyl (C=O) groups is 2. The normalized spacial score (nSPS) is 10.9. The fourth-order valence-electron chi connectivity index (χ4n) is 2.32. The molecule has 1 aromatic carbocycles. The lowest BCUT2D eigenvalue weighted by Crippen LogP contribution is -2.17. The Kier molecular flexibility index (Phi) is 5.97. The van der Waals surface area contributed by atoms with Crippen molar-refractivity contribution in [1.82, 2.24) is 15.0 Å². The van der Waals surface area contributed by atoms with Crippen LogP contribution in [-0.2, 0) is 6.54 Å². The van der Waals surface area contributed by atoms with Crippen molar-refractivity contribution in [3.63, 3.8) is 0 Å². The molecule has 3 aromatic rings. The van der Waals surface area contributed by atoms with Crippen molar-refractivity contribution >= 4 is 41.0 Å². The van der Waals surface area contributed by atoms with E-state index in [0.717, 1.165) is 11.3 Å². The molecule has 0 atom stereocenters. The zero-order valence-electron chi connectivity index (χ0n) is 14.2. The summed E-state index contributed by atoms with van der Waals surface area (Å²) in [5.41, 5.74) is 3.48. The summed E-state index contributed by atoms with van der Waals surface area (Å²) in [5, 5.41) is 13.0. The minimum Gasteiger partial charge on any atom is -0.478 e. The number of halogens is 1. The zero-order chi connectivity index (χ0) is 20.1. The summed E-state index contributed by atoms with van der Waals surface area (Å²) in [6, 6.07) is 9.32. The van der Waals surface area contributed by atoms with Gasteiger partial charge in [-0.25, -0.2) is 10.2 Å². The Hall–Kier alpha value is -3.30. The van der Waals surface area contributed by atoms with Gasteiger partial charge in [0.15, 0.2) is 0 Å². The minimum atomic E-state index is -1.05. The molecule has 0 unspecified atom stereocenters. The van der Waals surface area contributed by atoms with Crippen LogP contribution in [0, 0.1) is 0 Å². The second kappa shape index (κ2) is 8.59. The molecule has 2 heterocycles. The van der Waals surface area contributed by atoms with Crippen molar-refractivity contribution < 1.29 is 14.7 Å². The molecular weight excluding hydrogens is 404 g/mol. The number of aromatic nitrogens is 2. The summed E-state index contributed by atoms with van der Waals surface area (Å²) in [4.78, 5) is 39.1. The van der Waals surface area contributed by atoms with Crippen LogP contribution in [0.4, 0.5) is 0 Å². The number of rotatable bonds is 6. The van der Waals surface area contributed by atoms with Gasteiger partial charge in [0.05, 0.1) is 23.2 Å². The van der Waals surface area contributed by atoms with Crippen molar-refractivity contribution in [2.75, 3.05) is 0 Å². The quantitative estimate of drug-likeness (QED) is 0.473. The average Bonchev–Trinajstić information content (AvgIpc) is 2.96. The van der Waals surface area contributed by atoms with Crippen LogP contribution < -0.4 is 10.3 Å². The van der Waals surface area contributed by atoms with Crippen LogP contribution in [0.2, 0.25) is 5.15 Å². The van der Waals surface area contributed by atoms with Crippen molar-refractivity contribution in [1.29, 1.82) is 0 Å². The van der Waals surface area contributed by atoms with Gasteiger partial charge in [-0.2, -0.15) is 5.10 Å². The van der Waals surface area contributed by atoms with Crippen molar-refractivity contribution in [2.24, 2.45) is 5.10 Å². The zero-order valence-corrected chi connectivity index (χ0v) is 15.8. The molecule has 0 saturated carbocycles. The third kappa shape index (κ3) is 4.51. The largest absolute Gasteiger partial charge is 0.478 e. The Morgan fingerprint density at radius 2 is 2.00 bits per heavy atom. The molecule has 8 nitrogen and oxygen atoms in total. The molecule has 28 heavy (non-hydrogen) atoms. The minimum absolute atomic E-state index is 0.118. The van der Waals surface area contributed by atoms with E-state index in [0.29, 0.717) is 16.0 Å². The molecule has 0 spiro atoms. The summed E-state index contributed by atoms with van der Waals surface area (Å²) >= 11 is 7.13. The van der Waals surface area contributed by atoms with E-state index >= 15 is 0 Å². The monoisotopic (exact) mass is 416 g/mol. The maximum absolute atomic E-state index is 12.2. The van der Waals surface area contributed by atoms with Crippen LogP contribution in [0.3, 0.4) is 0 Å². The van der Waals surface area contributed by atoms with Gasteiger partial charge >= 0.3 is 10.8 Å². The lowest BCUT2D eigenvalue weighted by molar-refractivity contribution is 0.0696. The maximum Gasteiger partial charge on any atom is 0.335 e. The molecule has 2 N–H and O–H groups in total. The summed E-state index contributed by atoms with van der Waals surface area (Å²) < 4.78 is 1.30. The van der Waals surface area contributed by atoms with Crippen LogP contribution in [0.25, 0.3) is 0 Å².